The number of aldehydes is 1. The number of ketones is 1. The Bertz CT molecular complexity index is 1050. The minimum atomic E-state index is -1.86. The fraction of sp³-hybridized carbons (Fsp3) is 0.800. The molecule has 0 radical (unpaired) electrons. The van der Waals surface area contributed by atoms with Crippen molar-refractivity contribution in [3.05, 3.63) is 11.1 Å². The lowest BCUT2D eigenvalue weighted by atomic mass is 9.48. The van der Waals surface area contributed by atoms with Gasteiger partial charge in [-0.05, 0) is 55.6 Å². The number of carboxylic acids is 1. The third-order valence-corrected chi connectivity index (χ3v) is 10.6. The fourth-order valence-electron chi connectivity index (χ4n) is 9.23. The lowest BCUT2D eigenvalue weighted by Gasteiger charge is -2.56. The summed E-state index contributed by atoms with van der Waals surface area (Å²) in [5.74, 6) is -4.60. The predicted octanol–water partition coefficient (Wildman–Crippen LogP) is -1.20. The summed E-state index contributed by atoms with van der Waals surface area (Å²) < 4.78 is 5.83. The van der Waals surface area contributed by atoms with Crippen LogP contribution in [0.25, 0.3) is 0 Å². The van der Waals surface area contributed by atoms with Crippen molar-refractivity contribution in [1.82, 2.24) is 0 Å². The molecule has 0 amide bonds. The predicted molar refractivity (Wildman–Crippen MR) is 116 cm³/mol. The number of Topliss-reactive ketones (excluding diaryl/α,β-unsaturated/α-hetero) is 1. The summed E-state index contributed by atoms with van der Waals surface area (Å²) in [6.07, 6.45) is -5.83. The monoisotopic (exact) mass is 492 g/mol. The molecular weight excluding hydrogens is 460 g/mol. The van der Waals surface area contributed by atoms with Crippen molar-refractivity contribution < 1.29 is 49.8 Å². The summed E-state index contributed by atoms with van der Waals surface area (Å²) in [5.41, 5.74) is -3.91. The number of fused-ring (bicyclic) bond motifs is 6. The second-order valence-corrected chi connectivity index (χ2v) is 11.8. The zero-order valence-corrected chi connectivity index (χ0v) is 19.6. The van der Waals surface area contributed by atoms with Crippen molar-refractivity contribution in [2.75, 3.05) is 0 Å². The van der Waals surface area contributed by atoms with Crippen LogP contribution in [-0.4, -0.2) is 90.9 Å². The quantitative estimate of drug-likeness (QED) is 0.261. The molecular formula is C25H32O10. The number of carboxylic acid groups (broad SMARTS) is 1. The van der Waals surface area contributed by atoms with Gasteiger partial charge in [0.2, 0.25) is 0 Å². The number of aliphatic hydroxyl groups is 5. The standard InChI is InChI=1S/C25H32O10/c1-8-13-6-23(7-26)18(19(30)11(13)3-10(35-8)4-15(28)29)20(31)16-12-5-14(12)24(17(16)21(23)32)22(33)25(24,34)9(2)27/h7-10,12,14,16-18,20-22,27,31-34H,3-6H2,1-2H3,(H,28,29)/t8-,9?,10+,12?,14?,16?,17?,18?,20?,21?,22?,23?,24?,25?/m0/s1. The van der Waals surface area contributed by atoms with Crippen LogP contribution in [0.3, 0.4) is 0 Å². The van der Waals surface area contributed by atoms with Gasteiger partial charge in [-0.3, -0.25) is 9.59 Å². The average Bonchev–Trinajstić information content (AvgIpc) is 3.63. The van der Waals surface area contributed by atoms with E-state index in [9.17, 15) is 45.0 Å². The molecule has 0 aromatic heterocycles. The Morgan fingerprint density at radius 2 is 1.97 bits per heavy atom. The van der Waals surface area contributed by atoms with Crippen LogP contribution >= 0.6 is 0 Å². The molecule has 35 heavy (non-hydrogen) atoms. The molecule has 4 saturated carbocycles. The minimum absolute atomic E-state index is 0.0424. The van der Waals surface area contributed by atoms with Crippen LogP contribution in [0.2, 0.25) is 0 Å². The zero-order chi connectivity index (χ0) is 25.4. The number of hydrogen-bond donors (Lipinski definition) is 6. The van der Waals surface area contributed by atoms with Crippen LogP contribution in [0.5, 0.6) is 0 Å². The first-order chi connectivity index (χ1) is 16.4. The normalized spacial score (nSPS) is 56.6. The molecule has 192 valence electrons. The Labute approximate surface area is 201 Å². The molecule has 1 aliphatic heterocycles. The highest BCUT2D eigenvalue weighted by molar-refractivity contribution is 6.02. The van der Waals surface area contributed by atoms with Crippen LogP contribution in [0.4, 0.5) is 0 Å². The molecule has 10 heteroatoms. The van der Waals surface area contributed by atoms with Crippen molar-refractivity contribution in [1.29, 1.82) is 0 Å². The van der Waals surface area contributed by atoms with Gasteiger partial charge in [0.15, 0.2) is 5.78 Å². The zero-order valence-electron chi connectivity index (χ0n) is 19.6. The van der Waals surface area contributed by atoms with Gasteiger partial charge in [0.25, 0.3) is 0 Å². The topological polar surface area (TPSA) is 182 Å². The Morgan fingerprint density at radius 3 is 2.54 bits per heavy atom. The summed E-state index contributed by atoms with van der Waals surface area (Å²) in [6, 6.07) is 0. The van der Waals surface area contributed by atoms with Gasteiger partial charge in [0, 0.05) is 17.8 Å². The maximum atomic E-state index is 13.8. The summed E-state index contributed by atoms with van der Waals surface area (Å²) in [6.45, 7) is 3.05. The van der Waals surface area contributed by atoms with E-state index >= 15 is 0 Å². The SMILES string of the molecule is CC(O)C1(O)C(O)C12C1CC1C1C(O)C3C(=O)C4=C(CC3(C=O)C(O)C12)[C@H](C)O[C@@H](CC(=O)O)C4. The number of ether oxygens (including phenoxy) is 1. The highest BCUT2D eigenvalue weighted by Crippen LogP contribution is 2.84. The number of carbonyl (C=O) groups is 3. The van der Waals surface area contributed by atoms with Crippen molar-refractivity contribution in [3.63, 3.8) is 0 Å². The second-order valence-electron chi connectivity index (χ2n) is 11.8. The third-order valence-electron chi connectivity index (χ3n) is 10.6. The molecule has 6 aliphatic rings. The van der Waals surface area contributed by atoms with Gasteiger partial charge >= 0.3 is 5.97 Å². The third kappa shape index (κ3) is 2.48. The highest BCUT2D eigenvalue weighted by Gasteiger charge is 2.93. The first-order valence-corrected chi connectivity index (χ1v) is 12.4. The fourth-order valence-corrected chi connectivity index (χ4v) is 9.23. The Kier molecular flexibility index (Phi) is 4.73. The average molecular weight is 493 g/mol. The van der Waals surface area contributed by atoms with Crippen LogP contribution in [0, 0.1) is 40.4 Å². The number of carbonyl (C=O) groups excluding carboxylic acids is 2. The molecule has 14 atom stereocenters. The van der Waals surface area contributed by atoms with Crippen LogP contribution in [0.15, 0.2) is 11.1 Å². The summed E-state index contributed by atoms with van der Waals surface area (Å²) >= 11 is 0. The molecule has 0 saturated heterocycles. The Hall–Kier alpha value is -1.69. The van der Waals surface area contributed by atoms with Crippen molar-refractivity contribution >= 4 is 18.0 Å². The smallest absolute Gasteiger partial charge is 0.305 e. The summed E-state index contributed by atoms with van der Waals surface area (Å²) in [7, 11) is 0. The molecule has 4 fully saturated rings. The lowest BCUT2D eigenvalue weighted by Crippen LogP contribution is -2.66. The van der Waals surface area contributed by atoms with E-state index in [-0.39, 0.29) is 31.1 Å². The van der Waals surface area contributed by atoms with Gasteiger partial charge in [0.1, 0.15) is 11.9 Å². The van der Waals surface area contributed by atoms with Gasteiger partial charge < -0.3 is 40.2 Å². The largest absolute Gasteiger partial charge is 0.481 e. The lowest BCUT2D eigenvalue weighted by molar-refractivity contribution is -0.194. The highest BCUT2D eigenvalue weighted by atomic mass is 16.5. The van der Waals surface area contributed by atoms with E-state index in [2.05, 4.69) is 0 Å². The molecule has 1 spiro atoms. The van der Waals surface area contributed by atoms with Gasteiger partial charge in [-0.15, -0.1) is 0 Å². The molecule has 0 aromatic rings. The molecule has 6 rings (SSSR count). The molecule has 5 aliphatic carbocycles. The summed E-state index contributed by atoms with van der Waals surface area (Å²) in [4.78, 5) is 37.8. The van der Waals surface area contributed by atoms with Gasteiger partial charge in [0.05, 0.1) is 54.4 Å². The number of rotatable bonds is 4. The van der Waals surface area contributed by atoms with Crippen molar-refractivity contribution in [3.8, 4) is 0 Å². The number of aliphatic hydroxyl groups excluding tert-OH is 4. The van der Waals surface area contributed by atoms with E-state index in [0.29, 0.717) is 23.9 Å². The van der Waals surface area contributed by atoms with Gasteiger partial charge in [-0.25, -0.2) is 0 Å². The van der Waals surface area contributed by atoms with E-state index < -0.39 is 82.6 Å². The van der Waals surface area contributed by atoms with E-state index in [4.69, 9.17) is 4.74 Å². The van der Waals surface area contributed by atoms with E-state index in [1.165, 1.54) is 6.92 Å². The van der Waals surface area contributed by atoms with E-state index in [1.807, 2.05) is 0 Å². The van der Waals surface area contributed by atoms with Crippen LogP contribution in [-0.2, 0) is 19.1 Å². The van der Waals surface area contributed by atoms with Gasteiger partial charge in [-0.2, -0.15) is 0 Å². The Morgan fingerprint density at radius 1 is 1.29 bits per heavy atom. The number of aliphatic carboxylic acids is 1. The van der Waals surface area contributed by atoms with E-state index in [1.54, 1.807) is 6.92 Å². The van der Waals surface area contributed by atoms with Crippen LogP contribution in [0.1, 0.15) is 39.5 Å². The van der Waals surface area contributed by atoms with Crippen molar-refractivity contribution in [2.45, 2.75) is 81.8 Å². The number of hydrogen-bond acceptors (Lipinski definition) is 9. The second kappa shape index (κ2) is 6.99. The van der Waals surface area contributed by atoms with E-state index in [0.717, 1.165) is 0 Å². The molecule has 1 heterocycles. The van der Waals surface area contributed by atoms with Crippen LogP contribution < -0.4 is 0 Å². The molecule has 0 aromatic carbocycles. The molecule has 6 N–H and O–H groups in total. The molecule has 0 bridgehead atoms. The van der Waals surface area contributed by atoms with Crippen molar-refractivity contribution in [2.24, 2.45) is 40.4 Å². The first kappa shape index (κ1) is 23.7. The summed E-state index contributed by atoms with van der Waals surface area (Å²) in [5, 5.41) is 65.2. The molecule has 10 nitrogen and oxygen atoms in total. The molecule has 12 unspecified atom stereocenters. The first-order valence-electron chi connectivity index (χ1n) is 12.4. The Balaban J connectivity index is 1.44. The minimum Gasteiger partial charge on any atom is -0.481 e. The maximum absolute atomic E-state index is 13.8. The van der Waals surface area contributed by atoms with Gasteiger partial charge in [-0.1, -0.05) is 0 Å². The maximum Gasteiger partial charge on any atom is 0.305 e.